The van der Waals surface area contributed by atoms with E-state index in [1.165, 1.54) is 0 Å². The molecule has 0 unspecified atom stereocenters. The Bertz CT molecular complexity index is 359. The Morgan fingerprint density at radius 3 is 2.50 bits per heavy atom. The van der Waals surface area contributed by atoms with E-state index >= 15 is 0 Å². The van der Waals surface area contributed by atoms with Crippen LogP contribution < -0.4 is 5.32 Å². The number of pyridine rings is 1. The molecule has 0 bridgehead atoms. The van der Waals surface area contributed by atoms with Crippen molar-refractivity contribution < 1.29 is 14.3 Å². The van der Waals surface area contributed by atoms with Gasteiger partial charge in [0.05, 0.1) is 12.1 Å². The molecule has 1 amide bonds. The van der Waals surface area contributed by atoms with Crippen LogP contribution in [0.5, 0.6) is 0 Å². The summed E-state index contributed by atoms with van der Waals surface area (Å²) < 4.78 is 10.7. The summed E-state index contributed by atoms with van der Waals surface area (Å²) in [7, 11) is 0. The van der Waals surface area contributed by atoms with E-state index in [-0.39, 0.29) is 5.91 Å². The van der Waals surface area contributed by atoms with E-state index in [4.69, 9.17) is 9.47 Å². The molecule has 0 saturated carbocycles. The van der Waals surface area contributed by atoms with Crippen LogP contribution in [0.15, 0.2) is 18.3 Å². The minimum Gasteiger partial charge on any atom is -0.351 e. The maximum Gasteiger partial charge on any atom is 0.253 e. The van der Waals surface area contributed by atoms with Crippen LogP contribution in [0.2, 0.25) is 0 Å². The van der Waals surface area contributed by atoms with Gasteiger partial charge in [0, 0.05) is 25.1 Å². The largest absolute Gasteiger partial charge is 0.351 e. The zero-order chi connectivity index (χ0) is 13.4. The average molecular weight is 252 g/mol. The molecule has 0 saturated heterocycles. The number of aromatic nitrogens is 1. The molecule has 5 nitrogen and oxygen atoms in total. The smallest absolute Gasteiger partial charge is 0.253 e. The van der Waals surface area contributed by atoms with Gasteiger partial charge in [-0.05, 0) is 32.9 Å². The van der Waals surface area contributed by atoms with Crippen molar-refractivity contribution in [2.45, 2.75) is 27.1 Å². The molecule has 0 aromatic carbocycles. The lowest BCUT2D eigenvalue weighted by atomic mass is 10.2. The lowest BCUT2D eigenvalue weighted by Crippen LogP contribution is -2.35. The first-order valence-electron chi connectivity index (χ1n) is 6.11. The van der Waals surface area contributed by atoms with Crippen LogP contribution in [0.3, 0.4) is 0 Å². The molecule has 0 radical (unpaired) electrons. The fourth-order valence-corrected chi connectivity index (χ4v) is 1.42. The molecule has 1 aromatic heterocycles. The van der Waals surface area contributed by atoms with Gasteiger partial charge >= 0.3 is 0 Å². The molecule has 0 aliphatic heterocycles. The van der Waals surface area contributed by atoms with Gasteiger partial charge in [-0.1, -0.05) is 0 Å². The lowest BCUT2D eigenvalue weighted by molar-refractivity contribution is -0.131. The molecule has 0 aliphatic rings. The summed E-state index contributed by atoms with van der Waals surface area (Å²) in [6, 6.07) is 3.55. The van der Waals surface area contributed by atoms with Gasteiger partial charge in [-0.2, -0.15) is 0 Å². The fraction of sp³-hybridized carbons (Fsp3) is 0.538. The number of aryl methyl sites for hydroxylation is 1. The van der Waals surface area contributed by atoms with Crippen molar-refractivity contribution >= 4 is 5.91 Å². The Kier molecular flexibility index (Phi) is 6.32. The maximum absolute atomic E-state index is 11.8. The quantitative estimate of drug-likeness (QED) is 0.747. The Morgan fingerprint density at radius 2 is 2.00 bits per heavy atom. The van der Waals surface area contributed by atoms with Crippen molar-refractivity contribution in [1.29, 1.82) is 0 Å². The number of nitrogens with zero attached hydrogens (tertiary/aromatic N) is 1. The lowest BCUT2D eigenvalue weighted by Gasteiger charge is -2.17. The molecule has 5 heteroatoms. The normalized spacial score (nSPS) is 10.7. The van der Waals surface area contributed by atoms with Crippen LogP contribution in [-0.4, -0.2) is 36.9 Å². The third-order valence-electron chi connectivity index (χ3n) is 2.31. The van der Waals surface area contributed by atoms with Crippen LogP contribution >= 0.6 is 0 Å². The summed E-state index contributed by atoms with van der Waals surface area (Å²) in [5.74, 6) is -0.174. The minimum absolute atomic E-state index is 0.174. The molecule has 0 aliphatic carbocycles. The summed E-state index contributed by atoms with van der Waals surface area (Å²) in [5.41, 5.74) is 1.42. The molecule has 1 aromatic rings. The number of nitrogens with one attached hydrogen (secondary N) is 1. The molecule has 100 valence electrons. The van der Waals surface area contributed by atoms with Crippen molar-refractivity contribution in [3.05, 3.63) is 29.6 Å². The highest BCUT2D eigenvalue weighted by Gasteiger charge is 2.11. The highest BCUT2D eigenvalue weighted by atomic mass is 16.7. The van der Waals surface area contributed by atoms with E-state index in [0.717, 1.165) is 5.69 Å². The highest BCUT2D eigenvalue weighted by molar-refractivity contribution is 5.93. The van der Waals surface area contributed by atoms with Crippen LogP contribution in [0, 0.1) is 6.92 Å². The van der Waals surface area contributed by atoms with E-state index in [9.17, 15) is 4.79 Å². The Hall–Kier alpha value is -1.46. The molecule has 0 atom stereocenters. The van der Waals surface area contributed by atoms with Gasteiger partial charge in [-0.3, -0.25) is 9.78 Å². The Morgan fingerprint density at radius 1 is 1.33 bits per heavy atom. The standard InChI is InChI=1S/C13H20N2O3/c1-4-17-12(18-5-2)9-15-13(16)11-7-6-10(3)14-8-11/h6-8,12H,4-5,9H2,1-3H3,(H,15,16). The second-order valence-electron chi connectivity index (χ2n) is 3.74. The van der Waals surface area contributed by atoms with Crippen molar-refractivity contribution in [2.24, 2.45) is 0 Å². The zero-order valence-corrected chi connectivity index (χ0v) is 11.1. The first-order valence-corrected chi connectivity index (χ1v) is 6.11. The summed E-state index contributed by atoms with van der Waals surface area (Å²) in [4.78, 5) is 15.9. The molecular weight excluding hydrogens is 232 g/mol. The van der Waals surface area contributed by atoms with Crippen LogP contribution in [0.4, 0.5) is 0 Å². The number of rotatable bonds is 7. The molecule has 0 spiro atoms. The average Bonchev–Trinajstić information content (AvgIpc) is 2.37. The van der Waals surface area contributed by atoms with Crippen LogP contribution in [0.1, 0.15) is 29.9 Å². The molecular formula is C13H20N2O3. The third kappa shape index (κ3) is 4.81. The number of hydrogen-bond donors (Lipinski definition) is 1. The SMILES string of the molecule is CCOC(CNC(=O)c1ccc(C)nc1)OCC. The zero-order valence-electron chi connectivity index (χ0n) is 11.1. The van der Waals surface area contributed by atoms with Gasteiger partial charge in [-0.25, -0.2) is 0 Å². The number of carbonyl (C=O) groups excluding carboxylic acids is 1. The van der Waals surface area contributed by atoms with Crippen LogP contribution in [-0.2, 0) is 9.47 Å². The van der Waals surface area contributed by atoms with Crippen molar-refractivity contribution in [2.75, 3.05) is 19.8 Å². The van der Waals surface area contributed by atoms with Gasteiger partial charge in [-0.15, -0.1) is 0 Å². The van der Waals surface area contributed by atoms with Gasteiger partial charge < -0.3 is 14.8 Å². The highest BCUT2D eigenvalue weighted by Crippen LogP contribution is 2.00. The van der Waals surface area contributed by atoms with Gasteiger partial charge in [0.15, 0.2) is 6.29 Å². The number of carbonyl (C=O) groups is 1. The van der Waals surface area contributed by atoms with E-state index in [2.05, 4.69) is 10.3 Å². The first-order chi connectivity index (χ1) is 8.67. The molecule has 1 heterocycles. The number of ether oxygens (including phenoxy) is 2. The second kappa shape index (κ2) is 7.79. The summed E-state index contributed by atoms with van der Waals surface area (Å²) >= 11 is 0. The van der Waals surface area contributed by atoms with Gasteiger partial charge in [0.1, 0.15) is 0 Å². The van der Waals surface area contributed by atoms with Crippen molar-refractivity contribution in [1.82, 2.24) is 10.3 Å². The summed E-state index contributed by atoms with van der Waals surface area (Å²) in [6.45, 7) is 7.07. The predicted octanol–water partition coefficient (Wildman–Crippen LogP) is 1.52. The minimum atomic E-state index is -0.401. The summed E-state index contributed by atoms with van der Waals surface area (Å²) in [6.07, 6.45) is 1.16. The van der Waals surface area contributed by atoms with E-state index in [1.807, 2.05) is 20.8 Å². The van der Waals surface area contributed by atoms with Gasteiger partial charge in [0.25, 0.3) is 5.91 Å². The monoisotopic (exact) mass is 252 g/mol. The number of amides is 1. The third-order valence-corrected chi connectivity index (χ3v) is 2.31. The van der Waals surface area contributed by atoms with Crippen molar-refractivity contribution in [3.8, 4) is 0 Å². The van der Waals surface area contributed by atoms with E-state index < -0.39 is 6.29 Å². The Balaban J connectivity index is 2.46. The first kappa shape index (κ1) is 14.6. The fourth-order valence-electron chi connectivity index (χ4n) is 1.42. The predicted molar refractivity (Wildman–Crippen MR) is 68.3 cm³/mol. The maximum atomic E-state index is 11.8. The van der Waals surface area contributed by atoms with Gasteiger partial charge in [0.2, 0.25) is 0 Å². The van der Waals surface area contributed by atoms with Crippen LogP contribution in [0.25, 0.3) is 0 Å². The van der Waals surface area contributed by atoms with E-state index in [1.54, 1.807) is 18.3 Å². The second-order valence-corrected chi connectivity index (χ2v) is 3.74. The molecule has 1 rings (SSSR count). The van der Waals surface area contributed by atoms with E-state index in [0.29, 0.717) is 25.3 Å². The molecule has 18 heavy (non-hydrogen) atoms. The topological polar surface area (TPSA) is 60.5 Å². The molecule has 1 N–H and O–H groups in total. The molecule has 0 fully saturated rings. The summed E-state index contributed by atoms with van der Waals surface area (Å²) in [5, 5.41) is 2.76. The van der Waals surface area contributed by atoms with Crippen molar-refractivity contribution in [3.63, 3.8) is 0 Å². The Labute approximate surface area is 108 Å². The number of hydrogen-bond acceptors (Lipinski definition) is 4.